The maximum absolute atomic E-state index is 12.8. The minimum atomic E-state index is -0.639. The molecule has 0 unspecified atom stereocenters. The van der Waals surface area contributed by atoms with Crippen LogP contribution in [0.4, 0.5) is 4.79 Å². The number of urea groups is 1. The van der Waals surface area contributed by atoms with Crippen LogP contribution >= 0.6 is 15.9 Å². The second kappa shape index (κ2) is 8.35. The summed E-state index contributed by atoms with van der Waals surface area (Å²) in [4.78, 5) is 37.6. The van der Waals surface area contributed by atoms with Gasteiger partial charge in [-0.05, 0) is 57.2 Å². The highest BCUT2D eigenvalue weighted by Gasteiger charge is 2.34. The first-order valence-corrected chi connectivity index (χ1v) is 9.87. The third-order valence-corrected chi connectivity index (χ3v) is 4.51. The zero-order chi connectivity index (χ0) is 22.1. The fourth-order valence-corrected chi connectivity index (χ4v) is 3.13. The molecule has 158 valence electrons. The van der Waals surface area contributed by atoms with E-state index in [9.17, 15) is 14.4 Å². The second-order valence-corrected chi connectivity index (χ2v) is 8.45. The van der Waals surface area contributed by atoms with Crippen molar-refractivity contribution in [2.45, 2.75) is 32.9 Å². The first-order chi connectivity index (χ1) is 14.1. The van der Waals surface area contributed by atoms with Crippen molar-refractivity contribution in [3.63, 3.8) is 0 Å². The van der Waals surface area contributed by atoms with Gasteiger partial charge in [-0.25, -0.2) is 9.59 Å². The average Bonchev–Trinajstić information content (AvgIpc) is 3.23. The molecule has 0 bridgehead atoms. The highest BCUT2D eigenvalue weighted by atomic mass is 79.9. The van der Waals surface area contributed by atoms with Crippen molar-refractivity contribution in [1.29, 1.82) is 0 Å². The van der Waals surface area contributed by atoms with Crippen LogP contribution in [0.5, 0.6) is 5.75 Å². The summed E-state index contributed by atoms with van der Waals surface area (Å²) >= 11 is 3.41. The Hall–Kier alpha value is -3.07. The molecule has 1 aromatic carbocycles. The van der Waals surface area contributed by atoms with Gasteiger partial charge in [0, 0.05) is 10.0 Å². The SMILES string of the molecule is COC(=O)c1ccc(CN2C(=O)N/C(=C\c3cc(Br)ccc3OC(C)(C)C)C2=O)o1. The molecule has 1 aromatic heterocycles. The normalized spacial score (nSPS) is 15.5. The molecule has 1 saturated heterocycles. The predicted molar refractivity (Wildman–Crippen MR) is 112 cm³/mol. The smallest absolute Gasteiger partial charge is 0.373 e. The molecule has 8 nitrogen and oxygen atoms in total. The van der Waals surface area contributed by atoms with E-state index in [4.69, 9.17) is 9.15 Å². The number of carbonyl (C=O) groups is 3. The van der Waals surface area contributed by atoms with Gasteiger partial charge < -0.3 is 19.2 Å². The third-order valence-electron chi connectivity index (χ3n) is 4.01. The first-order valence-electron chi connectivity index (χ1n) is 9.07. The van der Waals surface area contributed by atoms with Crippen LogP contribution in [-0.4, -0.2) is 35.5 Å². The van der Waals surface area contributed by atoms with Gasteiger partial charge in [0.2, 0.25) is 5.76 Å². The minimum Gasteiger partial charge on any atom is -0.488 e. The Morgan fingerprint density at radius 1 is 1.23 bits per heavy atom. The highest BCUT2D eigenvalue weighted by molar-refractivity contribution is 9.10. The van der Waals surface area contributed by atoms with E-state index in [-0.39, 0.29) is 23.8 Å². The number of nitrogens with zero attached hydrogens (tertiary/aromatic N) is 1. The van der Waals surface area contributed by atoms with Crippen LogP contribution in [0, 0.1) is 0 Å². The number of methoxy groups -OCH3 is 1. The number of halogens is 1. The van der Waals surface area contributed by atoms with E-state index >= 15 is 0 Å². The van der Waals surface area contributed by atoms with Crippen LogP contribution in [0.15, 0.2) is 44.9 Å². The van der Waals surface area contributed by atoms with Gasteiger partial charge in [-0.3, -0.25) is 9.69 Å². The van der Waals surface area contributed by atoms with Gasteiger partial charge >= 0.3 is 12.0 Å². The average molecular weight is 477 g/mol. The van der Waals surface area contributed by atoms with Crippen LogP contribution in [0.25, 0.3) is 6.08 Å². The van der Waals surface area contributed by atoms with Crippen LogP contribution in [0.1, 0.15) is 42.6 Å². The van der Waals surface area contributed by atoms with Crippen molar-refractivity contribution < 1.29 is 28.3 Å². The maximum Gasteiger partial charge on any atom is 0.373 e. The summed E-state index contributed by atoms with van der Waals surface area (Å²) < 4.78 is 16.7. The topological polar surface area (TPSA) is 98.1 Å². The molecule has 1 aliphatic heterocycles. The molecule has 1 N–H and O–H groups in total. The molecule has 1 aliphatic rings. The number of carbonyl (C=O) groups excluding carboxylic acids is 3. The zero-order valence-corrected chi connectivity index (χ0v) is 18.5. The summed E-state index contributed by atoms with van der Waals surface area (Å²) in [5.41, 5.74) is 0.305. The monoisotopic (exact) mass is 476 g/mol. The molecule has 0 spiro atoms. The van der Waals surface area contributed by atoms with E-state index in [1.807, 2.05) is 26.8 Å². The number of amides is 3. The van der Waals surface area contributed by atoms with Crippen molar-refractivity contribution in [3.05, 3.63) is 57.6 Å². The van der Waals surface area contributed by atoms with E-state index in [0.29, 0.717) is 11.3 Å². The van der Waals surface area contributed by atoms with Crippen molar-refractivity contribution in [2.75, 3.05) is 7.11 Å². The van der Waals surface area contributed by atoms with E-state index < -0.39 is 23.5 Å². The number of furan rings is 1. The Morgan fingerprint density at radius 3 is 2.63 bits per heavy atom. The van der Waals surface area contributed by atoms with E-state index in [1.165, 1.54) is 19.2 Å². The minimum absolute atomic E-state index is 0.00609. The summed E-state index contributed by atoms with van der Waals surface area (Å²) in [5.74, 6) is -0.307. The number of hydrogen-bond acceptors (Lipinski definition) is 6. The van der Waals surface area contributed by atoms with Gasteiger partial charge in [-0.15, -0.1) is 0 Å². The number of nitrogens with one attached hydrogen (secondary N) is 1. The predicted octanol–water partition coefficient (Wildman–Crippen LogP) is 4.10. The van der Waals surface area contributed by atoms with Gasteiger partial charge in [0.25, 0.3) is 5.91 Å². The van der Waals surface area contributed by atoms with Crippen molar-refractivity contribution in [3.8, 4) is 5.75 Å². The highest BCUT2D eigenvalue weighted by Crippen LogP contribution is 2.29. The molecular weight excluding hydrogens is 456 g/mol. The first kappa shape index (κ1) is 21.6. The molecule has 1 fully saturated rings. The van der Waals surface area contributed by atoms with Gasteiger partial charge in [-0.1, -0.05) is 15.9 Å². The van der Waals surface area contributed by atoms with Crippen molar-refractivity contribution >= 4 is 39.9 Å². The molecule has 2 aromatic rings. The van der Waals surface area contributed by atoms with Gasteiger partial charge in [0.15, 0.2) is 0 Å². The Balaban J connectivity index is 1.84. The number of ether oxygens (including phenoxy) is 2. The van der Waals surface area contributed by atoms with E-state index in [1.54, 1.807) is 18.2 Å². The lowest BCUT2D eigenvalue weighted by Crippen LogP contribution is -2.30. The Bertz CT molecular complexity index is 1030. The molecule has 0 saturated carbocycles. The standard InChI is InChI=1S/C21H21BrN2O6/c1-21(2,3)30-16-7-5-13(22)9-12(16)10-15-18(25)24(20(27)23-15)11-14-6-8-17(29-14)19(26)28-4/h5-10H,11H2,1-4H3,(H,23,27)/b15-10-. The zero-order valence-electron chi connectivity index (χ0n) is 16.9. The molecular formula is C21H21BrN2O6. The van der Waals surface area contributed by atoms with Crippen LogP contribution in [0.3, 0.4) is 0 Å². The Morgan fingerprint density at radius 2 is 1.97 bits per heavy atom. The molecule has 3 amide bonds. The molecule has 9 heteroatoms. The van der Waals surface area contributed by atoms with Gasteiger partial charge in [0.05, 0.1) is 13.7 Å². The van der Waals surface area contributed by atoms with Crippen LogP contribution in [-0.2, 0) is 16.1 Å². The Kier molecular flexibility index (Phi) is 6.02. The summed E-state index contributed by atoms with van der Waals surface area (Å²) in [6.07, 6.45) is 1.56. The number of rotatable bonds is 5. The lowest BCUT2D eigenvalue weighted by atomic mass is 10.1. The number of esters is 1. The molecule has 0 radical (unpaired) electrons. The third kappa shape index (κ3) is 4.91. The molecule has 3 rings (SSSR count). The number of benzene rings is 1. The van der Waals surface area contributed by atoms with Gasteiger partial charge in [-0.2, -0.15) is 0 Å². The lowest BCUT2D eigenvalue weighted by molar-refractivity contribution is -0.123. The quantitative estimate of drug-likeness (QED) is 0.396. The number of hydrogen-bond donors (Lipinski definition) is 1. The maximum atomic E-state index is 12.8. The Labute approximate surface area is 181 Å². The molecule has 2 heterocycles. The van der Waals surface area contributed by atoms with E-state index in [0.717, 1.165) is 9.37 Å². The molecule has 0 aliphatic carbocycles. The largest absolute Gasteiger partial charge is 0.488 e. The second-order valence-electron chi connectivity index (χ2n) is 7.53. The summed E-state index contributed by atoms with van der Waals surface area (Å²) in [6, 6.07) is 7.77. The van der Waals surface area contributed by atoms with Crippen molar-refractivity contribution in [1.82, 2.24) is 10.2 Å². The summed E-state index contributed by atoms with van der Waals surface area (Å²) in [6.45, 7) is 5.63. The number of imide groups is 1. The fourth-order valence-electron chi connectivity index (χ4n) is 2.75. The van der Waals surface area contributed by atoms with Crippen LogP contribution < -0.4 is 10.1 Å². The summed E-state index contributed by atoms with van der Waals surface area (Å²) in [7, 11) is 1.23. The molecule has 0 atom stereocenters. The van der Waals surface area contributed by atoms with Gasteiger partial charge in [0.1, 0.15) is 22.8 Å². The fraction of sp³-hybridized carbons (Fsp3) is 0.286. The van der Waals surface area contributed by atoms with E-state index in [2.05, 4.69) is 26.0 Å². The van der Waals surface area contributed by atoms with Crippen molar-refractivity contribution in [2.24, 2.45) is 0 Å². The lowest BCUT2D eigenvalue weighted by Gasteiger charge is -2.22. The summed E-state index contributed by atoms with van der Waals surface area (Å²) in [5, 5.41) is 2.57. The van der Waals surface area contributed by atoms with Crippen LogP contribution in [0.2, 0.25) is 0 Å². The molecule has 30 heavy (non-hydrogen) atoms.